The predicted molar refractivity (Wildman–Crippen MR) is 62.8 cm³/mol. The lowest BCUT2D eigenvalue weighted by molar-refractivity contribution is 0.491. The van der Waals surface area contributed by atoms with Gasteiger partial charge in [0.1, 0.15) is 5.82 Å². The van der Waals surface area contributed by atoms with E-state index in [-0.39, 0.29) is 10.6 Å². The van der Waals surface area contributed by atoms with E-state index in [4.69, 9.17) is 17.3 Å². The first kappa shape index (κ1) is 12.3. The van der Waals surface area contributed by atoms with E-state index >= 15 is 0 Å². The van der Waals surface area contributed by atoms with Crippen LogP contribution in [-0.4, -0.2) is 12.1 Å². The molecule has 0 spiro atoms. The van der Waals surface area contributed by atoms with Crippen molar-refractivity contribution in [3.05, 3.63) is 29.0 Å². The largest absolute Gasteiger partial charge is 0.385 e. The Morgan fingerprint density at radius 2 is 2.13 bits per heavy atom. The maximum atomic E-state index is 12.8. The summed E-state index contributed by atoms with van der Waals surface area (Å²) in [6.07, 6.45) is 0.835. The maximum Gasteiger partial charge on any atom is 0.141 e. The molecule has 1 aromatic carbocycles. The van der Waals surface area contributed by atoms with Gasteiger partial charge >= 0.3 is 0 Å². The van der Waals surface area contributed by atoms with Gasteiger partial charge in [-0.1, -0.05) is 11.6 Å². The average molecular weight is 231 g/mol. The molecule has 0 saturated carbocycles. The number of halogens is 2. The van der Waals surface area contributed by atoms with Gasteiger partial charge in [-0.25, -0.2) is 4.39 Å². The average Bonchev–Trinajstić information content (AvgIpc) is 2.09. The van der Waals surface area contributed by atoms with Gasteiger partial charge in [-0.3, -0.25) is 0 Å². The number of rotatable bonds is 4. The standard InChI is InChI=1S/C11H16ClFN2/c1-11(2,14)5-6-15-8-3-4-10(13)9(12)7-8/h3-4,7,15H,5-6,14H2,1-2H3. The van der Waals surface area contributed by atoms with E-state index in [2.05, 4.69) is 5.32 Å². The number of nitrogens with two attached hydrogens (primary N) is 1. The molecule has 0 fully saturated rings. The molecule has 3 N–H and O–H groups in total. The number of hydrogen-bond donors (Lipinski definition) is 2. The highest BCUT2D eigenvalue weighted by molar-refractivity contribution is 6.31. The highest BCUT2D eigenvalue weighted by atomic mass is 35.5. The summed E-state index contributed by atoms with van der Waals surface area (Å²) in [7, 11) is 0. The molecular weight excluding hydrogens is 215 g/mol. The molecule has 1 rings (SSSR count). The lowest BCUT2D eigenvalue weighted by Gasteiger charge is -2.18. The second-order valence-corrected chi connectivity index (χ2v) is 4.70. The van der Waals surface area contributed by atoms with Crippen molar-refractivity contribution in [1.29, 1.82) is 0 Å². The van der Waals surface area contributed by atoms with Gasteiger partial charge in [-0.2, -0.15) is 0 Å². The summed E-state index contributed by atoms with van der Waals surface area (Å²) in [6.45, 7) is 4.67. The number of anilines is 1. The molecule has 0 aliphatic heterocycles. The van der Waals surface area contributed by atoms with Gasteiger partial charge in [-0.05, 0) is 38.5 Å². The minimum Gasteiger partial charge on any atom is -0.385 e. The summed E-state index contributed by atoms with van der Waals surface area (Å²) in [4.78, 5) is 0. The monoisotopic (exact) mass is 230 g/mol. The molecule has 0 atom stereocenters. The van der Waals surface area contributed by atoms with Crippen LogP contribution in [0.25, 0.3) is 0 Å². The number of nitrogens with one attached hydrogen (secondary N) is 1. The van der Waals surface area contributed by atoms with Crippen LogP contribution in [0.3, 0.4) is 0 Å². The van der Waals surface area contributed by atoms with Crippen LogP contribution in [0.5, 0.6) is 0 Å². The van der Waals surface area contributed by atoms with Gasteiger partial charge in [-0.15, -0.1) is 0 Å². The molecule has 1 aromatic rings. The summed E-state index contributed by atoms with van der Waals surface area (Å²) in [5.41, 5.74) is 6.44. The SMILES string of the molecule is CC(C)(N)CCNc1ccc(F)c(Cl)c1. The molecule has 0 aliphatic carbocycles. The molecule has 0 amide bonds. The van der Waals surface area contributed by atoms with Crippen LogP contribution in [0, 0.1) is 5.82 Å². The molecule has 15 heavy (non-hydrogen) atoms. The van der Waals surface area contributed by atoms with Gasteiger partial charge in [0.2, 0.25) is 0 Å². The zero-order valence-corrected chi connectivity index (χ0v) is 9.74. The topological polar surface area (TPSA) is 38.0 Å². The lowest BCUT2D eigenvalue weighted by Crippen LogP contribution is -2.34. The van der Waals surface area contributed by atoms with E-state index in [1.807, 2.05) is 13.8 Å². The van der Waals surface area contributed by atoms with Crippen LogP contribution >= 0.6 is 11.6 Å². The van der Waals surface area contributed by atoms with Crippen LogP contribution in [0.1, 0.15) is 20.3 Å². The van der Waals surface area contributed by atoms with E-state index in [9.17, 15) is 4.39 Å². The Morgan fingerprint density at radius 3 is 2.67 bits per heavy atom. The first-order chi connectivity index (χ1) is 6.88. The van der Waals surface area contributed by atoms with E-state index in [0.717, 1.165) is 18.7 Å². The van der Waals surface area contributed by atoms with Gasteiger partial charge in [0.05, 0.1) is 5.02 Å². The number of hydrogen-bond acceptors (Lipinski definition) is 2. The normalized spacial score (nSPS) is 11.5. The van der Waals surface area contributed by atoms with E-state index < -0.39 is 5.82 Å². The van der Waals surface area contributed by atoms with Crippen molar-refractivity contribution in [2.45, 2.75) is 25.8 Å². The van der Waals surface area contributed by atoms with Crippen LogP contribution in [0.4, 0.5) is 10.1 Å². The highest BCUT2D eigenvalue weighted by Crippen LogP contribution is 2.19. The summed E-state index contributed by atoms with van der Waals surface area (Å²) in [5, 5.41) is 3.27. The molecule has 0 aliphatic rings. The first-order valence-corrected chi connectivity index (χ1v) is 5.24. The second kappa shape index (κ2) is 4.81. The zero-order valence-electron chi connectivity index (χ0n) is 8.98. The summed E-state index contributed by atoms with van der Waals surface area (Å²) in [6, 6.07) is 4.57. The first-order valence-electron chi connectivity index (χ1n) is 4.86. The van der Waals surface area contributed by atoms with Gasteiger partial charge in [0.15, 0.2) is 0 Å². The molecule has 0 saturated heterocycles. The molecule has 2 nitrogen and oxygen atoms in total. The molecule has 4 heteroatoms. The van der Waals surface area contributed by atoms with Crippen molar-refractivity contribution in [3.63, 3.8) is 0 Å². The third-order valence-corrected chi connectivity index (χ3v) is 2.31. The molecular formula is C11H16ClFN2. The van der Waals surface area contributed by atoms with Crippen LogP contribution < -0.4 is 11.1 Å². The number of benzene rings is 1. The van der Waals surface area contributed by atoms with E-state index in [1.54, 1.807) is 12.1 Å². The van der Waals surface area contributed by atoms with Gasteiger partial charge < -0.3 is 11.1 Å². The molecule has 0 bridgehead atoms. The lowest BCUT2D eigenvalue weighted by atomic mass is 10.0. The minimum atomic E-state index is -0.402. The summed E-state index contributed by atoms with van der Waals surface area (Å²) >= 11 is 5.64. The van der Waals surface area contributed by atoms with Crippen molar-refractivity contribution in [1.82, 2.24) is 0 Å². The van der Waals surface area contributed by atoms with Gasteiger partial charge in [0.25, 0.3) is 0 Å². The Morgan fingerprint density at radius 1 is 1.47 bits per heavy atom. The Labute approximate surface area is 94.6 Å². The van der Waals surface area contributed by atoms with Crippen molar-refractivity contribution in [2.24, 2.45) is 5.73 Å². The third-order valence-electron chi connectivity index (χ3n) is 2.02. The molecule has 0 aromatic heterocycles. The predicted octanol–water partition coefficient (Wildman–Crippen LogP) is 3.02. The van der Waals surface area contributed by atoms with Gasteiger partial charge in [0, 0.05) is 17.8 Å². The fraction of sp³-hybridized carbons (Fsp3) is 0.455. The Bertz CT molecular complexity index is 334. The van der Waals surface area contributed by atoms with Crippen molar-refractivity contribution >= 4 is 17.3 Å². The minimum absolute atomic E-state index is 0.131. The fourth-order valence-corrected chi connectivity index (χ4v) is 1.32. The molecule has 0 radical (unpaired) electrons. The fourth-order valence-electron chi connectivity index (χ4n) is 1.14. The smallest absolute Gasteiger partial charge is 0.141 e. The molecule has 0 heterocycles. The van der Waals surface area contributed by atoms with Crippen LogP contribution in [0.15, 0.2) is 18.2 Å². The zero-order chi connectivity index (χ0) is 11.5. The van der Waals surface area contributed by atoms with E-state index in [0.29, 0.717) is 0 Å². The van der Waals surface area contributed by atoms with Crippen molar-refractivity contribution in [3.8, 4) is 0 Å². The second-order valence-electron chi connectivity index (χ2n) is 4.29. The molecule has 84 valence electrons. The Balaban J connectivity index is 2.48. The van der Waals surface area contributed by atoms with Crippen molar-refractivity contribution in [2.75, 3.05) is 11.9 Å². The molecule has 0 unspecified atom stereocenters. The van der Waals surface area contributed by atoms with Crippen molar-refractivity contribution < 1.29 is 4.39 Å². The highest BCUT2D eigenvalue weighted by Gasteiger charge is 2.09. The third kappa shape index (κ3) is 4.49. The Kier molecular flexibility index (Phi) is 3.94. The summed E-state index contributed by atoms with van der Waals surface area (Å²) in [5.74, 6) is -0.402. The van der Waals surface area contributed by atoms with E-state index in [1.165, 1.54) is 6.07 Å². The van der Waals surface area contributed by atoms with Crippen LogP contribution in [0.2, 0.25) is 5.02 Å². The maximum absolute atomic E-state index is 12.8. The van der Waals surface area contributed by atoms with Crippen LogP contribution in [-0.2, 0) is 0 Å². The quantitative estimate of drug-likeness (QED) is 0.835. The Hall–Kier alpha value is -0.800. The summed E-state index contributed by atoms with van der Waals surface area (Å²) < 4.78 is 12.8.